The molecule has 0 spiro atoms. The fourth-order valence-electron chi connectivity index (χ4n) is 3.54. The summed E-state index contributed by atoms with van der Waals surface area (Å²) in [6.07, 6.45) is 1.48. The van der Waals surface area contributed by atoms with Crippen molar-refractivity contribution in [3.05, 3.63) is 35.8 Å². The van der Waals surface area contributed by atoms with Crippen LogP contribution in [0.5, 0.6) is 5.75 Å². The maximum atomic E-state index is 12.6. The van der Waals surface area contributed by atoms with Gasteiger partial charge in [0, 0.05) is 17.3 Å². The molecule has 0 saturated heterocycles. The van der Waals surface area contributed by atoms with Crippen LogP contribution in [0.2, 0.25) is 0 Å². The average Bonchev–Trinajstić information content (AvgIpc) is 2.87. The minimum absolute atomic E-state index is 0.135. The summed E-state index contributed by atoms with van der Waals surface area (Å²) >= 11 is 0. The molecule has 1 amide bonds. The summed E-state index contributed by atoms with van der Waals surface area (Å²) in [4.78, 5) is 21.2. The molecule has 3 heterocycles. The Balaban J connectivity index is 2.16. The van der Waals surface area contributed by atoms with Crippen molar-refractivity contribution < 1.29 is 9.53 Å². The van der Waals surface area contributed by atoms with Crippen molar-refractivity contribution in [2.24, 2.45) is 0 Å². The fraction of sp³-hybridized carbons (Fsp3) is 0.278. The van der Waals surface area contributed by atoms with E-state index in [1.54, 1.807) is 13.2 Å². The Morgan fingerprint density at radius 3 is 2.80 bits per heavy atom. The van der Waals surface area contributed by atoms with Gasteiger partial charge in [-0.25, -0.2) is 9.97 Å². The largest absolute Gasteiger partial charge is 0.497 e. The van der Waals surface area contributed by atoms with Crippen molar-refractivity contribution in [3.8, 4) is 16.9 Å². The summed E-state index contributed by atoms with van der Waals surface area (Å²) in [6, 6.07) is 5.66. The molecule has 1 aliphatic heterocycles. The topological polar surface area (TPSA) is 95.1 Å². The molecule has 0 fully saturated rings. The number of nitrogen functional groups attached to an aromatic ring is 1. The van der Waals surface area contributed by atoms with Crippen LogP contribution >= 0.6 is 0 Å². The highest BCUT2D eigenvalue weighted by Crippen LogP contribution is 2.41. The number of fused-ring (bicyclic) bond motifs is 5. The van der Waals surface area contributed by atoms with Crippen LogP contribution in [0.1, 0.15) is 35.9 Å². The number of ether oxygens (including phenoxy) is 1. The molecule has 3 N–H and O–H groups in total. The van der Waals surface area contributed by atoms with E-state index in [-0.39, 0.29) is 11.9 Å². The molecule has 4 rings (SSSR count). The van der Waals surface area contributed by atoms with Gasteiger partial charge in [-0.15, -0.1) is 0 Å². The van der Waals surface area contributed by atoms with E-state index in [1.807, 2.05) is 12.1 Å². The number of aromatic nitrogens is 3. The predicted octanol–water partition coefficient (Wildman–Crippen LogP) is 2.51. The number of rotatable bonds is 2. The molecule has 25 heavy (non-hydrogen) atoms. The van der Waals surface area contributed by atoms with Gasteiger partial charge >= 0.3 is 0 Å². The summed E-state index contributed by atoms with van der Waals surface area (Å²) < 4.78 is 7.39. The van der Waals surface area contributed by atoms with E-state index in [1.165, 1.54) is 6.33 Å². The Labute approximate surface area is 144 Å². The molecule has 0 bridgehead atoms. The monoisotopic (exact) mass is 337 g/mol. The van der Waals surface area contributed by atoms with Crippen LogP contribution in [0.4, 0.5) is 5.82 Å². The van der Waals surface area contributed by atoms with E-state index in [0.29, 0.717) is 23.7 Å². The number of methoxy groups -OCH3 is 1. The van der Waals surface area contributed by atoms with Gasteiger partial charge in [0.15, 0.2) is 0 Å². The van der Waals surface area contributed by atoms with Gasteiger partial charge in [0.05, 0.1) is 24.6 Å². The standard InChI is InChI=1S/C18H19N5O2/c1-9(2)23-13-7-20-18(24)12-6-10(25-3)4-5-11(12)14(13)15-16(19)21-8-22-17(15)23/h4-6,8-9H,7H2,1-3H3,(H,20,24)(H2,19,21,22). The first-order valence-corrected chi connectivity index (χ1v) is 8.12. The Hall–Kier alpha value is -3.09. The number of carbonyl (C=O) groups is 1. The highest BCUT2D eigenvalue weighted by Gasteiger charge is 2.29. The summed E-state index contributed by atoms with van der Waals surface area (Å²) in [7, 11) is 1.58. The van der Waals surface area contributed by atoms with Gasteiger partial charge in [0.25, 0.3) is 5.91 Å². The molecule has 7 heteroatoms. The Kier molecular flexibility index (Phi) is 3.38. The average molecular weight is 337 g/mol. The van der Waals surface area contributed by atoms with Gasteiger partial charge in [0.2, 0.25) is 0 Å². The number of nitrogens with two attached hydrogens (primary N) is 1. The van der Waals surface area contributed by atoms with Crippen LogP contribution in [-0.4, -0.2) is 27.6 Å². The lowest BCUT2D eigenvalue weighted by molar-refractivity contribution is 0.0951. The van der Waals surface area contributed by atoms with Crippen molar-refractivity contribution in [1.29, 1.82) is 0 Å². The number of benzene rings is 1. The van der Waals surface area contributed by atoms with E-state index >= 15 is 0 Å². The third-order valence-corrected chi connectivity index (χ3v) is 4.59. The van der Waals surface area contributed by atoms with Crippen molar-refractivity contribution in [1.82, 2.24) is 19.9 Å². The van der Waals surface area contributed by atoms with Crippen molar-refractivity contribution in [2.75, 3.05) is 12.8 Å². The molecule has 0 unspecified atom stereocenters. The maximum absolute atomic E-state index is 12.6. The van der Waals surface area contributed by atoms with Gasteiger partial charge in [-0.2, -0.15) is 0 Å². The summed E-state index contributed by atoms with van der Waals surface area (Å²) in [5.74, 6) is 0.912. The second-order valence-electron chi connectivity index (χ2n) is 6.34. The number of carbonyl (C=O) groups excluding carboxylic acids is 1. The van der Waals surface area contributed by atoms with Crippen LogP contribution in [0.15, 0.2) is 24.5 Å². The Morgan fingerprint density at radius 2 is 2.08 bits per heavy atom. The van der Waals surface area contributed by atoms with E-state index < -0.39 is 0 Å². The molecule has 0 atom stereocenters. The quantitative estimate of drug-likeness (QED) is 0.749. The second-order valence-corrected chi connectivity index (χ2v) is 6.34. The zero-order valence-corrected chi connectivity index (χ0v) is 14.3. The fourth-order valence-corrected chi connectivity index (χ4v) is 3.54. The van der Waals surface area contributed by atoms with Gasteiger partial charge in [0.1, 0.15) is 23.5 Å². The molecule has 0 saturated carbocycles. The lowest BCUT2D eigenvalue weighted by Crippen LogP contribution is -2.23. The van der Waals surface area contributed by atoms with Crippen LogP contribution in [0.25, 0.3) is 22.2 Å². The lowest BCUT2D eigenvalue weighted by Gasteiger charge is -2.14. The first kappa shape index (κ1) is 15.4. The minimum Gasteiger partial charge on any atom is -0.497 e. The van der Waals surface area contributed by atoms with Crippen LogP contribution in [0, 0.1) is 0 Å². The van der Waals surface area contributed by atoms with Crippen LogP contribution in [-0.2, 0) is 6.54 Å². The zero-order valence-electron chi connectivity index (χ0n) is 14.3. The molecule has 3 aromatic rings. The molecule has 0 aliphatic carbocycles. The molecule has 1 aliphatic rings. The van der Waals surface area contributed by atoms with Crippen molar-refractivity contribution >= 4 is 22.8 Å². The smallest absolute Gasteiger partial charge is 0.252 e. The van der Waals surface area contributed by atoms with E-state index in [2.05, 4.69) is 33.7 Å². The Bertz CT molecular complexity index is 1010. The van der Waals surface area contributed by atoms with Crippen molar-refractivity contribution in [2.45, 2.75) is 26.4 Å². The third-order valence-electron chi connectivity index (χ3n) is 4.59. The predicted molar refractivity (Wildman–Crippen MR) is 95.5 cm³/mol. The third kappa shape index (κ3) is 2.15. The molecule has 0 radical (unpaired) electrons. The van der Waals surface area contributed by atoms with Gasteiger partial charge in [-0.1, -0.05) is 0 Å². The number of hydrogen-bond acceptors (Lipinski definition) is 5. The van der Waals surface area contributed by atoms with E-state index in [0.717, 1.165) is 27.9 Å². The lowest BCUT2D eigenvalue weighted by atomic mass is 9.98. The maximum Gasteiger partial charge on any atom is 0.252 e. The number of anilines is 1. The highest BCUT2D eigenvalue weighted by atomic mass is 16.5. The van der Waals surface area contributed by atoms with E-state index in [4.69, 9.17) is 10.5 Å². The van der Waals surface area contributed by atoms with Gasteiger partial charge in [-0.3, -0.25) is 4.79 Å². The molecule has 2 aromatic heterocycles. The molecular weight excluding hydrogens is 318 g/mol. The molecular formula is C18H19N5O2. The van der Waals surface area contributed by atoms with Crippen molar-refractivity contribution in [3.63, 3.8) is 0 Å². The van der Waals surface area contributed by atoms with Gasteiger partial charge in [-0.05, 0) is 37.6 Å². The van der Waals surface area contributed by atoms with Gasteiger partial charge < -0.3 is 20.4 Å². The molecule has 7 nitrogen and oxygen atoms in total. The minimum atomic E-state index is -0.135. The second kappa shape index (κ2) is 5.47. The van der Waals surface area contributed by atoms with E-state index in [9.17, 15) is 4.79 Å². The number of hydrogen-bond donors (Lipinski definition) is 2. The molecule has 128 valence electrons. The number of amides is 1. The molecule has 1 aromatic carbocycles. The zero-order chi connectivity index (χ0) is 17.7. The normalized spacial score (nSPS) is 13.4. The number of nitrogens with zero attached hydrogens (tertiary/aromatic N) is 3. The summed E-state index contributed by atoms with van der Waals surface area (Å²) in [5.41, 5.74) is 10.3. The highest BCUT2D eigenvalue weighted by molar-refractivity contribution is 6.10. The van der Waals surface area contributed by atoms with Crippen LogP contribution in [0.3, 0.4) is 0 Å². The first-order valence-electron chi connectivity index (χ1n) is 8.12. The first-order chi connectivity index (χ1) is 12.0. The summed E-state index contributed by atoms with van der Waals surface area (Å²) in [5, 5.41) is 3.77. The SMILES string of the molecule is COc1ccc2c(c1)C(=O)NCc1c-2c2c(N)ncnc2n1C(C)C. The number of nitrogens with one attached hydrogen (secondary N) is 1. The van der Waals surface area contributed by atoms with Crippen LogP contribution < -0.4 is 15.8 Å². The summed E-state index contributed by atoms with van der Waals surface area (Å²) in [6.45, 7) is 4.57. The Morgan fingerprint density at radius 1 is 1.28 bits per heavy atom.